The molecule has 192 valence electrons. The minimum atomic E-state index is -1.70. The maximum absolute atomic E-state index is 13.4. The average molecular weight is 494 g/mol. The van der Waals surface area contributed by atoms with Crippen LogP contribution in [0.5, 0.6) is 0 Å². The molecule has 4 bridgehead atoms. The van der Waals surface area contributed by atoms with Gasteiger partial charge < -0.3 is 44.5 Å². The lowest BCUT2D eigenvalue weighted by atomic mass is 9.38. The number of carbonyl (C=O) groups excluding carboxylic acids is 2. The topological polar surface area (TPSA) is 172 Å². The van der Waals surface area contributed by atoms with Crippen molar-refractivity contribution in [2.45, 2.75) is 74.2 Å². The molecule has 0 amide bonds. The van der Waals surface area contributed by atoms with Crippen LogP contribution in [0.4, 0.5) is 0 Å². The minimum Gasteiger partial charge on any atom is -0.461 e. The lowest BCUT2D eigenvalue weighted by molar-refractivity contribution is -0.403. The third-order valence-corrected chi connectivity index (χ3v) is 8.40. The van der Waals surface area contributed by atoms with Gasteiger partial charge in [-0.3, -0.25) is 4.79 Å². The molecule has 1 aromatic rings. The molecule has 2 saturated heterocycles. The maximum atomic E-state index is 13.4. The summed E-state index contributed by atoms with van der Waals surface area (Å²) in [5.74, 6) is -2.07. The van der Waals surface area contributed by atoms with Crippen LogP contribution in [-0.4, -0.2) is 98.2 Å². The molecule has 5 N–H and O–H groups in total. The lowest BCUT2D eigenvalue weighted by Gasteiger charge is -2.69. The first-order valence-corrected chi connectivity index (χ1v) is 11.6. The van der Waals surface area contributed by atoms with E-state index in [1.807, 2.05) is 0 Å². The molecular weight excluding hydrogens is 464 g/mol. The molecule has 0 radical (unpaired) electrons. The Bertz CT molecular complexity index is 1010. The highest BCUT2D eigenvalue weighted by atomic mass is 16.7. The van der Waals surface area contributed by atoms with E-state index in [0.717, 1.165) is 0 Å². The molecule has 11 nitrogen and oxygen atoms in total. The van der Waals surface area contributed by atoms with Crippen LogP contribution in [0, 0.1) is 11.3 Å². The van der Waals surface area contributed by atoms with Gasteiger partial charge in [0.15, 0.2) is 6.29 Å². The van der Waals surface area contributed by atoms with Crippen LogP contribution in [0.1, 0.15) is 37.0 Å². The summed E-state index contributed by atoms with van der Waals surface area (Å²) in [7, 11) is 0. The number of ether oxygens (including phenoxy) is 4. The molecule has 0 aromatic heterocycles. The SMILES string of the molecule is C[C@]1(O)C[C@@]2(C)OC(=O)[C@]3(COC(=O)c4ccccc4)[C@H]1C[C@@]23O[C@H]1O[C@H](CO)[C@@H](O)[C@H](O)[C@H]1O. The summed E-state index contributed by atoms with van der Waals surface area (Å²) in [6.07, 6.45) is -7.58. The molecule has 0 spiro atoms. The molecule has 10 atom stereocenters. The number of rotatable bonds is 6. The fourth-order valence-electron chi connectivity index (χ4n) is 6.66. The van der Waals surface area contributed by atoms with Crippen molar-refractivity contribution in [3.05, 3.63) is 35.9 Å². The van der Waals surface area contributed by atoms with Crippen LogP contribution >= 0.6 is 0 Å². The van der Waals surface area contributed by atoms with Crippen molar-refractivity contribution in [2.24, 2.45) is 11.3 Å². The molecule has 5 aliphatic rings. The van der Waals surface area contributed by atoms with E-state index in [0.29, 0.717) is 0 Å². The molecule has 3 aliphatic carbocycles. The Hall–Kier alpha value is -2.12. The van der Waals surface area contributed by atoms with Crippen molar-refractivity contribution in [1.82, 2.24) is 0 Å². The van der Waals surface area contributed by atoms with E-state index in [9.17, 15) is 35.1 Å². The van der Waals surface area contributed by atoms with Crippen molar-refractivity contribution in [3.63, 3.8) is 0 Å². The van der Waals surface area contributed by atoms with Crippen molar-refractivity contribution in [1.29, 1.82) is 0 Å². The van der Waals surface area contributed by atoms with Crippen molar-refractivity contribution >= 4 is 11.9 Å². The van der Waals surface area contributed by atoms with Crippen LogP contribution in [0.25, 0.3) is 0 Å². The normalized spacial score (nSPS) is 48.1. The molecule has 2 aliphatic heterocycles. The first-order valence-electron chi connectivity index (χ1n) is 11.6. The number of carbonyl (C=O) groups is 2. The summed E-state index contributed by atoms with van der Waals surface area (Å²) < 4.78 is 23.1. The quantitative estimate of drug-likeness (QED) is 0.303. The van der Waals surface area contributed by atoms with E-state index in [4.69, 9.17) is 18.9 Å². The van der Waals surface area contributed by atoms with E-state index in [2.05, 4.69) is 0 Å². The van der Waals surface area contributed by atoms with E-state index < -0.39 is 84.0 Å². The van der Waals surface area contributed by atoms with E-state index in [1.165, 1.54) is 0 Å². The van der Waals surface area contributed by atoms with Gasteiger partial charge in [0.2, 0.25) is 0 Å². The van der Waals surface area contributed by atoms with Crippen LogP contribution in [0.2, 0.25) is 0 Å². The Morgan fingerprint density at radius 3 is 2.46 bits per heavy atom. The zero-order valence-corrected chi connectivity index (χ0v) is 19.4. The van der Waals surface area contributed by atoms with E-state index >= 15 is 0 Å². The minimum absolute atomic E-state index is 0.0161. The van der Waals surface area contributed by atoms with Gasteiger partial charge in [-0.2, -0.15) is 0 Å². The summed E-state index contributed by atoms with van der Waals surface area (Å²) in [5, 5.41) is 51.7. The Labute approximate surface area is 201 Å². The van der Waals surface area contributed by atoms with Gasteiger partial charge in [0.25, 0.3) is 0 Å². The Kier molecular flexibility index (Phi) is 5.57. The summed E-state index contributed by atoms with van der Waals surface area (Å²) in [6, 6.07) is 8.21. The number of esters is 2. The van der Waals surface area contributed by atoms with Gasteiger partial charge in [0, 0.05) is 12.3 Å². The second-order valence-corrected chi connectivity index (χ2v) is 10.5. The summed E-state index contributed by atoms with van der Waals surface area (Å²) in [6.45, 7) is 2.08. The van der Waals surface area contributed by atoms with E-state index in [1.54, 1.807) is 44.2 Å². The van der Waals surface area contributed by atoms with Gasteiger partial charge in [-0.1, -0.05) is 18.2 Å². The second kappa shape index (κ2) is 7.94. The molecule has 35 heavy (non-hydrogen) atoms. The second-order valence-electron chi connectivity index (χ2n) is 10.5. The Morgan fingerprint density at radius 1 is 1.11 bits per heavy atom. The van der Waals surface area contributed by atoms with Gasteiger partial charge in [-0.15, -0.1) is 0 Å². The number of aliphatic hydroxyl groups is 5. The largest absolute Gasteiger partial charge is 0.461 e. The predicted molar refractivity (Wildman–Crippen MR) is 115 cm³/mol. The van der Waals surface area contributed by atoms with Crippen molar-refractivity contribution in [3.8, 4) is 0 Å². The number of fused-ring (bicyclic) bond motifs is 1. The molecule has 2 heterocycles. The molecule has 6 rings (SSSR count). The molecule has 1 aromatic carbocycles. The molecule has 3 saturated carbocycles. The smallest absolute Gasteiger partial charge is 0.338 e. The summed E-state index contributed by atoms with van der Waals surface area (Å²) >= 11 is 0. The Morgan fingerprint density at radius 2 is 1.80 bits per heavy atom. The van der Waals surface area contributed by atoms with Crippen LogP contribution < -0.4 is 0 Å². The fourth-order valence-corrected chi connectivity index (χ4v) is 6.66. The summed E-state index contributed by atoms with van der Waals surface area (Å²) in [4.78, 5) is 26.1. The first kappa shape index (κ1) is 24.6. The van der Waals surface area contributed by atoms with Crippen LogP contribution in [-0.2, 0) is 23.7 Å². The zero-order chi connectivity index (χ0) is 25.4. The molecule has 5 fully saturated rings. The number of aliphatic hydroxyl groups excluding tert-OH is 4. The molecule has 11 heteroatoms. The van der Waals surface area contributed by atoms with Crippen LogP contribution in [0.3, 0.4) is 0 Å². The standard InChI is InChI=1S/C24H30O11/c1-21(31)10-22(2)24(34-19-17(28)16(27)15(26)13(9-25)33-19)8-14(21)23(24,20(30)35-22)11-32-18(29)12-6-4-3-5-7-12/h3-7,13-17,19,25-28,31H,8-11H2,1-2H3/t13-,14+,15-,16+,17-,19-,21+,22-,23+,24-/m1/s1. The zero-order valence-electron chi connectivity index (χ0n) is 19.4. The third-order valence-electron chi connectivity index (χ3n) is 8.40. The predicted octanol–water partition coefficient (Wildman–Crippen LogP) is -1.12. The van der Waals surface area contributed by atoms with Crippen molar-refractivity contribution in [2.75, 3.05) is 13.2 Å². The highest BCUT2D eigenvalue weighted by Crippen LogP contribution is 2.75. The van der Waals surface area contributed by atoms with Crippen LogP contribution in [0.15, 0.2) is 30.3 Å². The lowest BCUT2D eigenvalue weighted by Crippen LogP contribution is -2.82. The number of hydrogen-bond donors (Lipinski definition) is 5. The van der Waals surface area contributed by atoms with E-state index in [-0.39, 0.29) is 18.4 Å². The highest BCUT2D eigenvalue weighted by Gasteiger charge is 2.90. The van der Waals surface area contributed by atoms with Gasteiger partial charge in [-0.05, 0) is 32.4 Å². The van der Waals surface area contributed by atoms with Crippen molar-refractivity contribution < 1.29 is 54.1 Å². The molecular formula is C24H30O11. The number of benzene rings is 1. The van der Waals surface area contributed by atoms with Gasteiger partial charge in [0.1, 0.15) is 47.6 Å². The first-order chi connectivity index (χ1) is 16.4. The number of hydrogen-bond acceptors (Lipinski definition) is 11. The highest BCUT2D eigenvalue weighted by molar-refractivity contribution is 5.90. The Balaban J connectivity index is 1.49. The third kappa shape index (κ3) is 3.16. The van der Waals surface area contributed by atoms with Gasteiger partial charge in [-0.25, -0.2) is 4.79 Å². The average Bonchev–Trinajstić information content (AvgIpc) is 2.88. The summed E-state index contributed by atoms with van der Waals surface area (Å²) in [5.41, 5.74) is -5.53. The van der Waals surface area contributed by atoms with Gasteiger partial charge >= 0.3 is 11.9 Å². The monoisotopic (exact) mass is 494 g/mol. The van der Waals surface area contributed by atoms with Gasteiger partial charge in [0.05, 0.1) is 17.8 Å². The maximum Gasteiger partial charge on any atom is 0.338 e. The fraction of sp³-hybridized carbons (Fsp3) is 0.667. The molecule has 0 unspecified atom stereocenters.